The number of hydrogen-bond acceptors (Lipinski definition) is 2. The van der Waals surface area contributed by atoms with E-state index < -0.39 is 0 Å². The largest absolute Gasteiger partial charge is 0.299 e. The molecule has 19 heavy (non-hydrogen) atoms. The molecular weight excluding hydrogens is 257 g/mol. The average molecular weight is 281 g/mol. The van der Waals surface area contributed by atoms with Crippen molar-refractivity contribution in [3.8, 4) is 0 Å². The van der Waals surface area contributed by atoms with Gasteiger partial charge >= 0.3 is 0 Å². The van der Waals surface area contributed by atoms with Crippen LogP contribution >= 0.6 is 12.6 Å². The molecule has 0 N–H and O–H groups in total. The molecule has 1 nitrogen and oxygen atoms in total. The van der Waals surface area contributed by atoms with E-state index in [9.17, 15) is 4.39 Å². The minimum absolute atomic E-state index is 0.104. The second kappa shape index (κ2) is 6.27. The van der Waals surface area contributed by atoms with Crippen LogP contribution < -0.4 is 0 Å². The van der Waals surface area contributed by atoms with Crippen molar-refractivity contribution in [2.75, 3.05) is 19.3 Å². The Labute approximate surface area is 121 Å². The molecule has 1 aliphatic rings. The topological polar surface area (TPSA) is 3.24 Å². The van der Waals surface area contributed by atoms with Crippen LogP contribution in [-0.4, -0.2) is 24.2 Å². The quantitative estimate of drug-likeness (QED) is 0.787. The van der Waals surface area contributed by atoms with E-state index in [1.165, 1.54) is 25.7 Å². The second-order valence-corrected chi connectivity index (χ2v) is 6.29. The number of halogens is 1. The van der Waals surface area contributed by atoms with Gasteiger partial charge < -0.3 is 0 Å². The van der Waals surface area contributed by atoms with E-state index in [0.29, 0.717) is 5.41 Å². The third-order valence-corrected chi connectivity index (χ3v) is 5.27. The van der Waals surface area contributed by atoms with Crippen LogP contribution in [0.2, 0.25) is 0 Å². The average Bonchev–Trinajstić information content (AvgIpc) is 2.87. The molecule has 0 radical (unpaired) electrons. The van der Waals surface area contributed by atoms with Gasteiger partial charge in [-0.1, -0.05) is 31.0 Å². The number of rotatable bonds is 5. The molecule has 1 saturated carbocycles. The summed E-state index contributed by atoms with van der Waals surface area (Å²) in [6, 6.07) is 7.20. The molecule has 1 fully saturated rings. The van der Waals surface area contributed by atoms with Crippen LogP contribution in [0.25, 0.3) is 0 Å². The van der Waals surface area contributed by atoms with Gasteiger partial charge in [0.2, 0.25) is 0 Å². The van der Waals surface area contributed by atoms with Gasteiger partial charge in [0.05, 0.1) is 0 Å². The number of benzene rings is 1. The molecule has 0 aromatic heterocycles. The van der Waals surface area contributed by atoms with Gasteiger partial charge in [-0.05, 0) is 44.0 Å². The normalized spacial score (nSPS) is 19.8. The van der Waals surface area contributed by atoms with Crippen molar-refractivity contribution in [3.63, 3.8) is 0 Å². The van der Waals surface area contributed by atoms with Gasteiger partial charge in [0.25, 0.3) is 0 Å². The summed E-state index contributed by atoms with van der Waals surface area (Å²) in [7, 11) is 2.10. The maximum absolute atomic E-state index is 13.8. The molecule has 0 bridgehead atoms. The molecule has 0 amide bonds. The van der Waals surface area contributed by atoms with Crippen molar-refractivity contribution >= 4 is 12.6 Å². The van der Waals surface area contributed by atoms with E-state index in [4.69, 9.17) is 0 Å². The smallest absolute Gasteiger partial charge is 0.127 e. The van der Waals surface area contributed by atoms with Gasteiger partial charge in [-0.25, -0.2) is 4.39 Å². The van der Waals surface area contributed by atoms with Gasteiger partial charge in [-0.15, -0.1) is 0 Å². The lowest BCUT2D eigenvalue weighted by molar-refractivity contribution is 0.161. The Kier molecular flexibility index (Phi) is 4.91. The highest BCUT2D eigenvalue weighted by Gasteiger charge is 2.34. The van der Waals surface area contributed by atoms with Gasteiger partial charge in [0.1, 0.15) is 5.82 Å². The predicted molar refractivity (Wildman–Crippen MR) is 82.2 cm³/mol. The molecule has 1 unspecified atom stereocenters. The van der Waals surface area contributed by atoms with Crippen molar-refractivity contribution in [1.82, 2.24) is 4.90 Å². The van der Waals surface area contributed by atoms with Crippen LogP contribution in [0, 0.1) is 11.2 Å². The number of hydrogen-bond donors (Lipinski definition) is 1. The van der Waals surface area contributed by atoms with Crippen molar-refractivity contribution in [2.24, 2.45) is 5.41 Å². The molecule has 2 rings (SSSR count). The molecule has 0 heterocycles. The maximum atomic E-state index is 13.8. The minimum Gasteiger partial charge on any atom is -0.299 e. The lowest BCUT2D eigenvalue weighted by Gasteiger charge is -2.35. The van der Waals surface area contributed by atoms with E-state index in [2.05, 4.69) is 31.5 Å². The summed E-state index contributed by atoms with van der Waals surface area (Å²) < 4.78 is 13.8. The predicted octanol–water partition coefficient (Wildman–Crippen LogP) is 4.31. The van der Waals surface area contributed by atoms with Crippen molar-refractivity contribution < 1.29 is 4.39 Å². The van der Waals surface area contributed by atoms with Crippen LogP contribution in [0.5, 0.6) is 0 Å². The summed E-state index contributed by atoms with van der Waals surface area (Å²) in [4.78, 5) is 2.28. The second-order valence-electron chi connectivity index (χ2n) is 5.98. The zero-order valence-corrected chi connectivity index (χ0v) is 12.8. The first-order chi connectivity index (χ1) is 9.08. The summed E-state index contributed by atoms with van der Waals surface area (Å²) in [5, 5.41) is 0. The SMILES string of the molecule is CC(c1ccccc1F)N(C)CC1(CS)CCCC1. The first kappa shape index (κ1) is 14.9. The standard InChI is InChI=1S/C16H24FNS/c1-13(14-7-3-4-8-15(14)17)18(2)11-16(12-19)9-5-6-10-16/h3-4,7-8,13,19H,5-6,9-12H2,1-2H3. The summed E-state index contributed by atoms with van der Waals surface area (Å²) in [6.45, 7) is 3.09. The molecule has 0 spiro atoms. The van der Waals surface area contributed by atoms with Gasteiger partial charge in [-0.3, -0.25) is 4.90 Å². The first-order valence-corrected chi connectivity index (χ1v) is 7.77. The van der Waals surface area contributed by atoms with E-state index in [1.54, 1.807) is 12.1 Å². The van der Waals surface area contributed by atoms with Crippen LogP contribution in [0.15, 0.2) is 24.3 Å². The highest BCUT2D eigenvalue weighted by Crippen LogP contribution is 2.40. The zero-order chi connectivity index (χ0) is 13.9. The third-order valence-electron chi connectivity index (χ3n) is 4.60. The molecular formula is C16H24FNS. The lowest BCUT2D eigenvalue weighted by Crippen LogP contribution is -2.36. The van der Waals surface area contributed by atoms with Crippen LogP contribution in [0.3, 0.4) is 0 Å². The van der Waals surface area contributed by atoms with Crippen LogP contribution in [-0.2, 0) is 0 Å². The highest BCUT2D eigenvalue weighted by molar-refractivity contribution is 7.80. The molecule has 106 valence electrons. The Bertz CT molecular complexity index is 415. The number of nitrogens with zero attached hydrogens (tertiary/aromatic N) is 1. The monoisotopic (exact) mass is 281 g/mol. The Hall–Kier alpha value is -0.540. The van der Waals surface area contributed by atoms with E-state index in [0.717, 1.165) is 17.9 Å². The first-order valence-electron chi connectivity index (χ1n) is 7.13. The molecule has 1 aromatic rings. The maximum Gasteiger partial charge on any atom is 0.127 e. The van der Waals surface area contributed by atoms with Gasteiger partial charge in [0, 0.05) is 18.2 Å². The Morgan fingerprint density at radius 3 is 2.53 bits per heavy atom. The third kappa shape index (κ3) is 3.32. The molecule has 0 aliphatic heterocycles. The number of thiol groups is 1. The van der Waals surface area contributed by atoms with Crippen LogP contribution in [0.4, 0.5) is 4.39 Å². The zero-order valence-electron chi connectivity index (χ0n) is 11.9. The Balaban J connectivity index is 2.07. The molecule has 0 saturated heterocycles. The van der Waals surface area contributed by atoms with Gasteiger partial charge in [-0.2, -0.15) is 12.6 Å². The summed E-state index contributed by atoms with van der Waals surface area (Å²) in [5.41, 5.74) is 1.12. The summed E-state index contributed by atoms with van der Waals surface area (Å²) >= 11 is 4.55. The van der Waals surface area contributed by atoms with Gasteiger partial charge in [0.15, 0.2) is 0 Å². The van der Waals surface area contributed by atoms with Crippen LogP contribution in [0.1, 0.15) is 44.2 Å². The Morgan fingerprint density at radius 1 is 1.32 bits per heavy atom. The summed E-state index contributed by atoms with van der Waals surface area (Å²) in [5.74, 6) is 0.828. The molecule has 1 aliphatic carbocycles. The molecule has 1 aromatic carbocycles. The fourth-order valence-corrected chi connectivity index (χ4v) is 3.62. The fraction of sp³-hybridized carbons (Fsp3) is 0.625. The molecule has 1 atom stereocenters. The van der Waals surface area contributed by atoms with Crippen molar-refractivity contribution in [1.29, 1.82) is 0 Å². The highest BCUT2D eigenvalue weighted by atomic mass is 32.1. The molecule has 3 heteroatoms. The lowest BCUT2D eigenvalue weighted by atomic mass is 9.87. The minimum atomic E-state index is -0.104. The van der Waals surface area contributed by atoms with Crippen molar-refractivity contribution in [3.05, 3.63) is 35.6 Å². The fourth-order valence-electron chi connectivity index (χ4n) is 3.21. The van der Waals surface area contributed by atoms with E-state index >= 15 is 0 Å². The Morgan fingerprint density at radius 2 is 1.95 bits per heavy atom. The van der Waals surface area contributed by atoms with Crippen molar-refractivity contribution in [2.45, 2.75) is 38.6 Å². The van der Waals surface area contributed by atoms with E-state index in [1.807, 2.05) is 12.1 Å². The van der Waals surface area contributed by atoms with E-state index in [-0.39, 0.29) is 11.9 Å². The summed E-state index contributed by atoms with van der Waals surface area (Å²) in [6.07, 6.45) is 5.13.